The predicted molar refractivity (Wildman–Crippen MR) is 137 cm³/mol. The summed E-state index contributed by atoms with van der Waals surface area (Å²) < 4.78 is 50.1. The molecule has 35 heavy (non-hydrogen) atoms. The fourth-order valence-corrected chi connectivity index (χ4v) is 4.35. The minimum absolute atomic E-state index is 0.321. The lowest BCUT2D eigenvalue weighted by Crippen LogP contribution is -2.43. The summed E-state index contributed by atoms with van der Waals surface area (Å²) in [6.45, 7) is 1.66. The van der Waals surface area contributed by atoms with E-state index in [4.69, 9.17) is 0 Å². The van der Waals surface area contributed by atoms with Gasteiger partial charge in [-0.1, -0.05) is 59.9 Å². The molecule has 0 bridgehead atoms. The van der Waals surface area contributed by atoms with Gasteiger partial charge in [-0.15, -0.1) is 0 Å². The van der Waals surface area contributed by atoms with Crippen LogP contribution in [0.5, 0.6) is 0 Å². The Morgan fingerprint density at radius 3 is 1.80 bits per heavy atom. The molecule has 2 N–H and O–H groups in total. The molecular formula is C25H24F4N4S2. The second kappa shape index (κ2) is 11.8. The molecule has 1 fully saturated rings. The number of allylic oxidation sites excluding steroid dienone is 2. The van der Waals surface area contributed by atoms with E-state index in [1.165, 1.54) is 12.8 Å². The molecule has 4 rings (SSSR count). The highest BCUT2D eigenvalue weighted by atomic mass is 32.2. The van der Waals surface area contributed by atoms with Gasteiger partial charge in [-0.25, -0.2) is 5.43 Å². The number of hydrogen-bond acceptors (Lipinski definition) is 6. The molecule has 1 aliphatic heterocycles. The third-order valence-electron chi connectivity index (χ3n) is 5.56. The molecule has 0 aromatic heterocycles. The van der Waals surface area contributed by atoms with Crippen molar-refractivity contribution in [3.05, 3.63) is 71.8 Å². The van der Waals surface area contributed by atoms with Crippen LogP contribution in [0.3, 0.4) is 0 Å². The van der Waals surface area contributed by atoms with Crippen molar-refractivity contribution in [3.8, 4) is 0 Å². The Kier molecular flexibility index (Phi) is 8.56. The molecule has 0 unspecified atom stereocenters. The van der Waals surface area contributed by atoms with E-state index < -0.39 is 11.5 Å². The Bertz CT molecular complexity index is 1040. The smallest absolute Gasteiger partial charge is 0.288 e. The van der Waals surface area contributed by atoms with Crippen molar-refractivity contribution in [2.45, 2.75) is 34.1 Å². The summed E-state index contributed by atoms with van der Waals surface area (Å²) in [4.78, 5) is 5.52. The van der Waals surface area contributed by atoms with E-state index >= 15 is 0 Å². The van der Waals surface area contributed by atoms with Crippen LogP contribution in [0.1, 0.15) is 24.0 Å². The second-order valence-corrected chi connectivity index (χ2v) is 10.4. The second-order valence-electron chi connectivity index (χ2n) is 8.23. The largest absolute Gasteiger partial charge is 0.354 e. The minimum Gasteiger partial charge on any atom is -0.354 e. The van der Waals surface area contributed by atoms with Gasteiger partial charge < -0.3 is 5.32 Å². The number of aliphatic imine (C=N–C) groups is 1. The number of alkyl halides is 4. The summed E-state index contributed by atoms with van der Waals surface area (Å²) in [7, 11) is 0. The number of halogens is 4. The van der Waals surface area contributed by atoms with Crippen LogP contribution in [0.2, 0.25) is 0 Å². The quantitative estimate of drug-likeness (QED) is 0.167. The van der Waals surface area contributed by atoms with E-state index in [-0.39, 0.29) is 0 Å². The van der Waals surface area contributed by atoms with Crippen molar-refractivity contribution in [1.29, 1.82) is 0 Å². The molecule has 0 saturated heterocycles. The Labute approximate surface area is 210 Å². The monoisotopic (exact) mass is 520 g/mol. The van der Waals surface area contributed by atoms with E-state index in [1.807, 2.05) is 12.2 Å². The highest BCUT2D eigenvalue weighted by Gasteiger charge is 2.44. The average molecular weight is 521 g/mol. The van der Waals surface area contributed by atoms with Crippen LogP contribution in [-0.4, -0.2) is 36.3 Å². The zero-order valence-corrected chi connectivity index (χ0v) is 20.3. The molecule has 10 heteroatoms. The van der Waals surface area contributed by atoms with E-state index in [1.54, 1.807) is 60.7 Å². The van der Waals surface area contributed by atoms with Gasteiger partial charge in [0.15, 0.2) is 0 Å². The van der Waals surface area contributed by atoms with Crippen molar-refractivity contribution >= 4 is 47.3 Å². The summed E-state index contributed by atoms with van der Waals surface area (Å²) in [5.74, 6) is -4.30. The Hall–Kier alpha value is -2.72. The molecule has 2 aromatic carbocycles. The van der Waals surface area contributed by atoms with Crippen LogP contribution < -0.4 is 10.7 Å². The zero-order chi connectivity index (χ0) is 24.7. The molecular weight excluding hydrogens is 496 g/mol. The first-order valence-corrected chi connectivity index (χ1v) is 12.7. The number of rotatable bonds is 9. The van der Waals surface area contributed by atoms with E-state index in [0.29, 0.717) is 50.4 Å². The van der Waals surface area contributed by atoms with Gasteiger partial charge in [0.2, 0.25) is 5.96 Å². The number of nitrogens with one attached hydrogen (secondary N) is 2. The molecule has 2 aromatic rings. The number of hydrazone groups is 1. The number of benzene rings is 2. The lowest BCUT2D eigenvalue weighted by molar-refractivity contribution is 0.251. The maximum Gasteiger partial charge on any atom is 0.288 e. The number of nitrogens with zero attached hydrogens (tertiary/aromatic N) is 2. The molecule has 1 heterocycles. The third kappa shape index (κ3) is 8.17. The summed E-state index contributed by atoms with van der Waals surface area (Å²) in [6.07, 6.45) is 9.65. The molecule has 0 atom stereocenters. The van der Waals surface area contributed by atoms with Gasteiger partial charge in [0.05, 0.1) is 12.3 Å². The summed E-state index contributed by atoms with van der Waals surface area (Å²) >= 11 is 1.01. The fourth-order valence-electron chi connectivity index (χ4n) is 3.35. The van der Waals surface area contributed by atoms with Crippen molar-refractivity contribution in [3.63, 3.8) is 0 Å². The number of guanidine groups is 1. The third-order valence-corrected chi connectivity index (χ3v) is 7.00. The van der Waals surface area contributed by atoms with Gasteiger partial charge in [-0.3, -0.25) is 4.99 Å². The van der Waals surface area contributed by atoms with Gasteiger partial charge >= 0.3 is 0 Å². The summed E-state index contributed by atoms with van der Waals surface area (Å²) in [5.41, 5.74) is 5.56. The molecule has 1 aliphatic carbocycles. The first-order chi connectivity index (χ1) is 16.9. The SMILES string of the molecule is FC(F)Sc1ccc(/C=C/C(/C=C/c2ccc(SC(F)F)cc2)=NNC2=NCC3(CC3)CN2)cc1. The maximum absolute atomic E-state index is 12.5. The Balaban J connectivity index is 1.46. The van der Waals surface area contributed by atoms with Crippen molar-refractivity contribution in [2.75, 3.05) is 13.1 Å². The minimum atomic E-state index is -2.46. The Morgan fingerprint density at radius 1 is 0.886 bits per heavy atom. The standard InChI is InChI=1S/C25H24F4N4S2/c26-22(27)34-20-9-3-17(4-10-20)1-7-19(32-33-24-30-15-25(13-14-25)16-31-24)8-2-18-5-11-21(12-6-18)35-23(28)29/h1-12,22-23H,13-16H2,(H2,30,31,33)/b7-1+,8-2+. The zero-order valence-electron chi connectivity index (χ0n) is 18.6. The Morgan fingerprint density at radius 2 is 1.40 bits per heavy atom. The van der Waals surface area contributed by atoms with Gasteiger partial charge in [-0.05, 0) is 60.4 Å². The average Bonchev–Trinajstić information content (AvgIpc) is 3.60. The van der Waals surface area contributed by atoms with Gasteiger partial charge in [-0.2, -0.15) is 22.7 Å². The summed E-state index contributed by atoms with van der Waals surface area (Å²) in [6, 6.07) is 13.6. The van der Waals surface area contributed by atoms with Gasteiger partial charge in [0, 0.05) is 21.8 Å². The predicted octanol–water partition coefficient (Wildman–Crippen LogP) is 6.73. The first-order valence-electron chi connectivity index (χ1n) is 11.0. The molecule has 184 valence electrons. The van der Waals surface area contributed by atoms with Crippen LogP contribution >= 0.6 is 23.5 Å². The maximum atomic E-state index is 12.5. The lowest BCUT2D eigenvalue weighted by Gasteiger charge is -2.21. The van der Waals surface area contributed by atoms with Gasteiger partial charge in [0.1, 0.15) is 0 Å². The summed E-state index contributed by atoms with van der Waals surface area (Å²) in [5, 5.41) is 7.73. The van der Waals surface area contributed by atoms with Crippen molar-refractivity contribution in [1.82, 2.24) is 10.7 Å². The number of hydrogen-bond donors (Lipinski definition) is 2. The molecule has 1 spiro atoms. The molecule has 0 radical (unpaired) electrons. The highest BCUT2D eigenvalue weighted by Crippen LogP contribution is 2.46. The van der Waals surface area contributed by atoms with Gasteiger partial charge in [0.25, 0.3) is 11.5 Å². The number of thioether (sulfide) groups is 2. The fraction of sp³-hybridized carbons (Fsp3) is 0.280. The molecule has 4 nitrogen and oxygen atoms in total. The van der Waals surface area contributed by atoms with E-state index in [0.717, 1.165) is 24.2 Å². The van der Waals surface area contributed by atoms with E-state index in [9.17, 15) is 17.6 Å². The van der Waals surface area contributed by atoms with Crippen LogP contribution in [0, 0.1) is 5.41 Å². The van der Waals surface area contributed by atoms with E-state index in [2.05, 4.69) is 20.8 Å². The topological polar surface area (TPSA) is 48.8 Å². The molecule has 2 aliphatic rings. The van der Waals surface area contributed by atoms with Crippen LogP contribution in [0.4, 0.5) is 17.6 Å². The van der Waals surface area contributed by atoms with Crippen molar-refractivity contribution in [2.24, 2.45) is 15.5 Å². The van der Waals surface area contributed by atoms with Crippen LogP contribution in [0.15, 0.2) is 80.6 Å². The van der Waals surface area contributed by atoms with Crippen LogP contribution in [-0.2, 0) is 0 Å². The normalized spacial score (nSPS) is 16.7. The van der Waals surface area contributed by atoms with Crippen molar-refractivity contribution < 1.29 is 17.6 Å². The first kappa shape index (κ1) is 25.4. The highest BCUT2D eigenvalue weighted by molar-refractivity contribution is 7.99. The molecule has 1 saturated carbocycles. The lowest BCUT2D eigenvalue weighted by atomic mass is 10.1. The van der Waals surface area contributed by atoms with Crippen LogP contribution in [0.25, 0.3) is 12.2 Å². The molecule has 0 amide bonds.